The third-order valence-corrected chi connectivity index (χ3v) is 5.13. The van der Waals surface area contributed by atoms with Crippen molar-refractivity contribution in [1.29, 1.82) is 0 Å². The number of rotatable bonds is 2. The predicted octanol–water partition coefficient (Wildman–Crippen LogP) is 3.65. The fourth-order valence-corrected chi connectivity index (χ4v) is 3.69. The maximum atomic E-state index is 4.64. The van der Waals surface area contributed by atoms with E-state index in [0.29, 0.717) is 5.92 Å². The van der Waals surface area contributed by atoms with Crippen LogP contribution in [0, 0.1) is 13.8 Å². The van der Waals surface area contributed by atoms with Gasteiger partial charge < -0.3 is 0 Å². The number of hydrogen-bond acceptors (Lipinski definition) is 5. The highest BCUT2D eigenvalue weighted by atomic mass is 32.1. The molecule has 0 amide bonds. The summed E-state index contributed by atoms with van der Waals surface area (Å²) in [5.41, 5.74) is 1.32. The molecule has 0 aliphatic carbocycles. The van der Waals surface area contributed by atoms with Crippen molar-refractivity contribution in [3.63, 3.8) is 0 Å². The Morgan fingerprint density at radius 2 is 1.94 bits per heavy atom. The lowest BCUT2D eigenvalue weighted by atomic mass is 10.2. The molecule has 0 atom stereocenters. The molecule has 0 spiro atoms. The van der Waals surface area contributed by atoms with Gasteiger partial charge in [-0.15, -0.1) is 21.5 Å². The number of thiophene rings is 1. The van der Waals surface area contributed by atoms with Crippen LogP contribution >= 0.6 is 22.7 Å². The Morgan fingerprint density at radius 1 is 1.17 bits per heavy atom. The molecule has 0 saturated carbocycles. The van der Waals surface area contributed by atoms with Crippen molar-refractivity contribution in [1.82, 2.24) is 19.8 Å². The molecule has 18 heavy (non-hydrogen) atoms. The summed E-state index contributed by atoms with van der Waals surface area (Å²) in [6.45, 7) is 8.49. The number of aromatic nitrogens is 4. The third-order valence-electron chi connectivity index (χ3n) is 2.91. The van der Waals surface area contributed by atoms with Gasteiger partial charge in [-0.3, -0.25) is 0 Å². The summed E-state index contributed by atoms with van der Waals surface area (Å²) in [6, 6.07) is 2.20. The average Bonchev–Trinajstić information content (AvgIpc) is 2.92. The standard InChI is InChI=1S/C12H14N4S2/c1-6(2)10-13-14-12-16(10)15-11(18-12)9-5-7(3)8(4)17-9/h5-6H,1-4H3. The van der Waals surface area contributed by atoms with Gasteiger partial charge in [0.1, 0.15) is 0 Å². The van der Waals surface area contributed by atoms with E-state index in [9.17, 15) is 0 Å². The van der Waals surface area contributed by atoms with Crippen molar-refractivity contribution in [3.8, 4) is 9.88 Å². The van der Waals surface area contributed by atoms with Crippen molar-refractivity contribution in [2.24, 2.45) is 0 Å². The first-order chi connectivity index (χ1) is 8.56. The fraction of sp³-hybridized carbons (Fsp3) is 0.417. The van der Waals surface area contributed by atoms with Crippen LogP contribution < -0.4 is 0 Å². The van der Waals surface area contributed by atoms with Gasteiger partial charge in [-0.2, -0.15) is 9.61 Å². The fourth-order valence-electron chi connectivity index (χ4n) is 1.77. The van der Waals surface area contributed by atoms with Crippen LogP contribution in [0.25, 0.3) is 14.8 Å². The van der Waals surface area contributed by atoms with Crippen LogP contribution in [-0.2, 0) is 0 Å². The van der Waals surface area contributed by atoms with E-state index in [4.69, 9.17) is 0 Å². The maximum Gasteiger partial charge on any atom is 0.235 e. The summed E-state index contributed by atoms with van der Waals surface area (Å²) < 4.78 is 1.87. The topological polar surface area (TPSA) is 43.1 Å². The zero-order valence-corrected chi connectivity index (χ0v) is 12.4. The van der Waals surface area contributed by atoms with Crippen LogP contribution in [0.1, 0.15) is 36.0 Å². The molecule has 3 aromatic rings. The van der Waals surface area contributed by atoms with Crippen LogP contribution in [0.3, 0.4) is 0 Å². The molecule has 0 fully saturated rings. The van der Waals surface area contributed by atoms with Crippen LogP contribution in [0.15, 0.2) is 6.07 Å². The number of nitrogens with zero attached hydrogens (tertiary/aromatic N) is 4. The van der Waals surface area contributed by atoms with Gasteiger partial charge in [0.15, 0.2) is 10.8 Å². The molecule has 0 aliphatic heterocycles. The minimum atomic E-state index is 0.335. The quantitative estimate of drug-likeness (QED) is 0.718. The Hall–Kier alpha value is -1.27. The summed E-state index contributed by atoms with van der Waals surface area (Å²) in [6.07, 6.45) is 0. The molecule has 3 rings (SSSR count). The lowest BCUT2D eigenvalue weighted by molar-refractivity contribution is 0.727. The third kappa shape index (κ3) is 1.76. The van der Waals surface area contributed by atoms with Crippen LogP contribution in [0.4, 0.5) is 0 Å². The number of hydrogen-bond donors (Lipinski definition) is 0. The largest absolute Gasteiger partial charge is 0.235 e. The second-order valence-electron chi connectivity index (χ2n) is 4.66. The summed E-state index contributed by atoms with van der Waals surface area (Å²) >= 11 is 3.39. The number of fused-ring (bicyclic) bond motifs is 1. The SMILES string of the molecule is Cc1cc(-c2nn3c(C(C)C)nnc3s2)sc1C. The zero-order valence-electron chi connectivity index (χ0n) is 10.8. The first-order valence-electron chi connectivity index (χ1n) is 5.86. The monoisotopic (exact) mass is 278 g/mol. The minimum absolute atomic E-state index is 0.335. The van der Waals surface area contributed by atoms with E-state index < -0.39 is 0 Å². The molecule has 94 valence electrons. The predicted molar refractivity (Wildman–Crippen MR) is 75.5 cm³/mol. The highest BCUT2D eigenvalue weighted by Gasteiger charge is 2.16. The van der Waals surface area contributed by atoms with E-state index in [1.807, 2.05) is 4.52 Å². The molecule has 3 aromatic heterocycles. The lowest BCUT2D eigenvalue weighted by Gasteiger charge is -1.97. The van der Waals surface area contributed by atoms with Crippen molar-refractivity contribution < 1.29 is 0 Å². The Morgan fingerprint density at radius 3 is 2.56 bits per heavy atom. The molecule has 0 aliphatic rings. The van der Waals surface area contributed by atoms with Crippen molar-refractivity contribution in [2.45, 2.75) is 33.6 Å². The van der Waals surface area contributed by atoms with Gasteiger partial charge >= 0.3 is 0 Å². The Bertz CT molecular complexity index is 685. The van der Waals surface area contributed by atoms with E-state index in [-0.39, 0.29) is 0 Å². The summed E-state index contributed by atoms with van der Waals surface area (Å²) in [7, 11) is 0. The van der Waals surface area contributed by atoms with Gasteiger partial charge in [0.05, 0.1) is 4.88 Å². The highest BCUT2D eigenvalue weighted by Crippen LogP contribution is 2.33. The van der Waals surface area contributed by atoms with Gasteiger partial charge in [0.25, 0.3) is 0 Å². The van der Waals surface area contributed by atoms with Crippen molar-refractivity contribution in [2.75, 3.05) is 0 Å². The van der Waals surface area contributed by atoms with E-state index >= 15 is 0 Å². The Balaban J connectivity index is 2.13. The molecular formula is C12H14N4S2. The number of aryl methyl sites for hydroxylation is 2. The molecule has 0 aromatic carbocycles. The summed E-state index contributed by atoms with van der Waals surface area (Å²) in [5, 5.41) is 14.0. The molecule has 0 N–H and O–H groups in total. The first-order valence-corrected chi connectivity index (χ1v) is 7.49. The average molecular weight is 278 g/mol. The molecule has 3 heterocycles. The Labute approximate surface area is 113 Å². The van der Waals surface area contributed by atoms with Gasteiger partial charge in [-0.1, -0.05) is 25.2 Å². The van der Waals surface area contributed by atoms with E-state index in [0.717, 1.165) is 15.8 Å². The maximum absolute atomic E-state index is 4.64. The van der Waals surface area contributed by atoms with Crippen molar-refractivity contribution >= 4 is 27.6 Å². The molecule has 0 saturated heterocycles. The summed E-state index contributed by atoms with van der Waals surface area (Å²) in [4.78, 5) is 3.44. The smallest absolute Gasteiger partial charge is 0.187 e. The molecule has 0 bridgehead atoms. The Kier molecular flexibility index (Phi) is 2.71. The second-order valence-corrected chi connectivity index (χ2v) is 6.88. The summed E-state index contributed by atoms with van der Waals surface area (Å²) in [5.74, 6) is 1.26. The van der Waals surface area contributed by atoms with Gasteiger partial charge in [-0.05, 0) is 25.5 Å². The minimum Gasteiger partial charge on any atom is -0.187 e. The molecule has 4 nitrogen and oxygen atoms in total. The van der Waals surface area contributed by atoms with E-state index in [1.165, 1.54) is 15.3 Å². The molecule has 0 radical (unpaired) electrons. The van der Waals surface area contributed by atoms with Gasteiger partial charge in [0, 0.05) is 10.8 Å². The lowest BCUT2D eigenvalue weighted by Crippen LogP contribution is -1.97. The van der Waals surface area contributed by atoms with Crippen LogP contribution in [0.2, 0.25) is 0 Å². The molecule has 0 unspecified atom stereocenters. The van der Waals surface area contributed by atoms with Gasteiger partial charge in [-0.25, -0.2) is 0 Å². The van der Waals surface area contributed by atoms with Crippen LogP contribution in [0.5, 0.6) is 0 Å². The van der Waals surface area contributed by atoms with Crippen LogP contribution in [-0.4, -0.2) is 19.8 Å². The first kappa shape index (κ1) is 11.8. The van der Waals surface area contributed by atoms with E-state index in [1.54, 1.807) is 22.7 Å². The normalized spacial score (nSPS) is 11.8. The molecular weight excluding hydrogens is 264 g/mol. The van der Waals surface area contributed by atoms with E-state index in [2.05, 4.69) is 49.1 Å². The van der Waals surface area contributed by atoms with Crippen molar-refractivity contribution in [3.05, 3.63) is 22.3 Å². The zero-order chi connectivity index (χ0) is 12.9. The van der Waals surface area contributed by atoms with Gasteiger partial charge in [0.2, 0.25) is 4.96 Å². The highest BCUT2D eigenvalue weighted by molar-refractivity contribution is 7.24. The second kappa shape index (κ2) is 4.13. The molecule has 6 heteroatoms.